The molecule has 1 aliphatic rings. The van der Waals surface area contributed by atoms with Crippen LogP contribution in [-0.4, -0.2) is 27.5 Å². The Hall–Kier alpha value is 0.160. The van der Waals surface area contributed by atoms with Crippen molar-refractivity contribution < 1.29 is 4.21 Å². The van der Waals surface area contributed by atoms with Crippen molar-refractivity contribution in [2.75, 3.05) is 12.8 Å². The molecule has 0 fully saturated rings. The first kappa shape index (κ1) is 14.6. The number of rotatable bonds is 5. The summed E-state index contributed by atoms with van der Waals surface area (Å²) in [5, 5.41) is 6.80. The highest BCUT2D eigenvalue weighted by Crippen LogP contribution is 2.43. The summed E-state index contributed by atoms with van der Waals surface area (Å²) in [6, 6.07) is 2.73. The molecule has 2 rings (SSSR count). The Balaban J connectivity index is 1.89. The lowest BCUT2D eigenvalue weighted by molar-refractivity contribution is 0.481. The zero-order valence-corrected chi connectivity index (χ0v) is 13.6. The zero-order chi connectivity index (χ0) is 13.1. The summed E-state index contributed by atoms with van der Waals surface area (Å²) in [7, 11) is -0.703. The van der Waals surface area contributed by atoms with Gasteiger partial charge in [0, 0.05) is 33.6 Å². The molecule has 0 spiro atoms. The highest BCUT2D eigenvalue weighted by molar-refractivity contribution is 8.01. The molecule has 1 aliphatic heterocycles. The molecule has 1 N–H and O–H groups in total. The SMILES string of the molecule is CC(CCNC1C[C@H](C)Sc2sccc21)S(C)=O. The molecule has 0 radical (unpaired) electrons. The van der Waals surface area contributed by atoms with E-state index in [1.54, 1.807) is 6.26 Å². The lowest BCUT2D eigenvalue weighted by atomic mass is 10.0. The van der Waals surface area contributed by atoms with Gasteiger partial charge in [0.25, 0.3) is 0 Å². The molecule has 0 amide bonds. The van der Waals surface area contributed by atoms with E-state index < -0.39 is 10.8 Å². The van der Waals surface area contributed by atoms with Gasteiger partial charge in [0.15, 0.2) is 0 Å². The summed E-state index contributed by atoms with van der Waals surface area (Å²) in [4.78, 5) is 0. The molecule has 1 aromatic heterocycles. The average molecular weight is 304 g/mol. The fourth-order valence-corrected chi connectivity index (χ4v) is 5.19. The van der Waals surface area contributed by atoms with Crippen molar-refractivity contribution >= 4 is 33.9 Å². The minimum absolute atomic E-state index is 0.287. The zero-order valence-electron chi connectivity index (χ0n) is 11.1. The van der Waals surface area contributed by atoms with Crippen LogP contribution in [0.1, 0.15) is 38.3 Å². The molecule has 18 heavy (non-hydrogen) atoms. The van der Waals surface area contributed by atoms with Crippen molar-refractivity contribution in [3.05, 3.63) is 17.0 Å². The monoisotopic (exact) mass is 303 g/mol. The largest absolute Gasteiger partial charge is 0.310 e. The van der Waals surface area contributed by atoms with Crippen molar-refractivity contribution in [2.24, 2.45) is 0 Å². The van der Waals surface area contributed by atoms with Crippen LogP contribution in [-0.2, 0) is 10.8 Å². The first-order valence-electron chi connectivity index (χ1n) is 6.37. The molecule has 1 aromatic rings. The van der Waals surface area contributed by atoms with Crippen LogP contribution in [0.3, 0.4) is 0 Å². The topological polar surface area (TPSA) is 29.1 Å². The summed E-state index contributed by atoms with van der Waals surface area (Å²) in [5.74, 6) is 0. The van der Waals surface area contributed by atoms with Crippen LogP contribution in [0.4, 0.5) is 0 Å². The van der Waals surface area contributed by atoms with Crippen LogP contribution < -0.4 is 5.32 Å². The normalized spacial score (nSPS) is 26.6. The molecule has 2 nitrogen and oxygen atoms in total. The van der Waals surface area contributed by atoms with Gasteiger partial charge >= 0.3 is 0 Å². The Morgan fingerprint density at radius 3 is 3.11 bits per heavy atom. The molecule has 0 bridgehead atoms. The summed E-state index contributed by atoms with van der Waals surface area (Å²) in [6.07, 6.45) is 3.97. The third-order valence-electron chi connectivity index (χ3n) is 3.42. The Morgan fingerprint density at radius 2 is 2.39 bits per heavy atom. The number of hydrogen-bond donors (Lipinski definition) is 1. The molecular weight excluding hydrogens is 282 g/mol. The van der Waals surface area contributed by atoms with E-state index in [2.05, 4.69) is 30.6 Å². The van der Waals surface area contributed by atoms with E-state index in [9.17, 15) is 4.21 Å². The fourth-order valence-electron chi connectivity index (χ4n) is 2.17. The maximum Gasteiger partial charge on any atom is 0.0649 e. The fraction of sp³-hybridized carbons (Fsp3) is 0.692. The second-order valence-electron chi connectivity index (χ2n) is 4.93. The second kappa shape index (κ2) is 6.55. The van der Waals surface area contributed by atoms with Gasteiger partial charge in [0.1, 0.15) is 0 Å². The smallest absolute Gasteiger partial charge is 0.0649 e. The lowest BCUT2D eigenvalue weighted by Crippen LogP contribution is -2.29. The van der Waals surface area contributed by atoms with E-state index in [1.807, 2.05) is 23.1 Å². The van der Waals surface area contributed by atoms with E-state index in [0.717, 1.165) is 13.0 Å². The number of thioether (sulfide) groups is 1. The molecule has 2 heterocycles. The predicted molar refractivity (Wildman–Crippen MR) is 83.1 cm³/mol. The Morgan fingerprint density at radius 1 is 1.61 bits per heavy atom. The quantitative estimate of drug-likeness (QED) is 0.903. The first-order valence-corrected chi connectivity index (χ1v) is 9.75. The number of thiophene rings is 1. The van der Waals surface area contributed by atoms with Crippen LogP contribution in [0.2, 0.25) is 0 Å². The lowest BCUT2D eigenvalue weighted by Gasteiger charge is -2.28. The summed E-state index contributed by atoms with van der Waals surface area (Å²) in [6.45, 7) is 5.32. The van der Waals surface area contributed by atoms with Gasteiger partial charge in [0.05, 0.1) is 4.21 Å². The van der Waals surface area contributed by atoms with Crippen molar-refractivity contribution in [2.45, 2.75) is 47.4 Å². The van der Waals surface area contributed by atoms with Gasteiger partial charge in [-0.3, -0.25) is 4.21 Å². The molecule has 4 atom stereocenters. The third-order valence-corrected chi connectivity index (χ3v) is 7.13. The van der Waals surface area contributed by atoms with E-state index in [0.29, 0.717) is 11.3 Å². The van der Waals surface area contributed by atoms with Crippen molar-refractivity contribution in [1.29, 1.82) is 0 Å². The van der Waals surface area contributed by atoms with Gasteiger partial charge in [-0.15, -0.1) is 23.1 Å². The third kappa shape index (κ3) is 3.59. The number of hydrogen-bond acceptors (Lipinski definition) is 4. The van der Waals surface area contributed by atoms with E-state index in [-0.39, 0.29) is 5.25 Å². The van der Waals surface area contributed by atoms with Crippen molar-refractivity contribution in [1.82, 2.24) is 5.32 Å². The van der Waals surface area contributed by atoms with Gasteiger partial charge in [-0.05, 0) is 36.4 Å². The van der Waals surface area contributed by atoms with Gasteiger partial charge in [-0.25, -0.2) is 0 Å². The molecule has 102 valence electrons. The van der Waals surface area contributed by atoms with Gasteiger partial charge in [0.2, 0.25) is 0 Å². The van der Waals surface area contributed by atoms with Gasteiger partial charge in [-0.2, -0.15) is 0 Å². The molecule has 0 saturated heterocycles. The Labute approximate surface area is 120 Å². The summed E-state index contributed by atoms with van der Waals surface area (Å²) in [5.41, 5.74) is 1.47. The Bertz CT molecular complexity index is 418. The van der Waals surface area contributed by atoms with E-state index >= 15 is 0 Å². The van der Waals surface area contributed by atoms with E-state index in [4.69, 9.17) is 0 Å². The minimum atomic E-state index is -0.703. The molecule has 0 saturated carbocycles. The van der Waals surface area contributed by atoms with Crippen molar-refractivity contribution in [3.8, 4) is 0 Å². The van der Waals surface area contributed by atoms with Crippen LogP contribution in [0.15, 0.2) is 15.7 Å². The van der Waals surface area contributed by atoms with Crippen LogP contribution >= 0.6 is 23.1 Å². The van der Waals surface area contributed by atoms with Crippen LogP contribution in [0.5, 0.6) is 0 Å². The molecular formula is C13H21NOS3. The minimum Gasteiger partial charge on any atom is -0.310 e. The number of fused-ring (bicyclic) bond motifs is 1. The van der Waals surface area contributed by atoms with Crippen LogP contribution in [0.25, 0.3) is 0 Å². The Kier molecular flexibility index (Phi) is 5.30. The predicted octanol–water partition coefficient (Wildman–Crippen LogP) is 3.42. The highest BCUT2D eigenvalue weighted by Gasteiger charge is 2.25. The molecule has 0 aliphatic carbocycles. The second-order valence-corrected chi connectivity index (χ2v) is 9.36. The summed E-state index contributed by atoms with van der Waals surface area (Å²) >= 11 is 3.85. The average Bonchev–Trinajstić information content (AvgIpc) is 2.76. The van der Waals surface area contributed by atoms with Gasteiger partial charge < -0.3 is 5.32 Å². The highest BCUT2D eigenvalue weighted by atomic mass is 32.2. The van der Waals surface area contributed by atoms with Gasteiger partial charge in [-0.1, -0.05) is 13.8 Å². The molecule has 0 aromatic carbocycles. The van der Waals surface area contributed by atoms with Crippen LogP contribution in [0, 0.1) is 0 Å². The number of nitrogens with one attached hydrogen (secondary N) is 1. The molecule has 5 heteroatoms. The first-order chi connectivity index (χ1) is 8.58. The maximum atomic E-state index is 11.3. The molecule has 3 unspecified atom stereocenters. The van der Waals surface area contributed by atoms with Crippen molar-refractivity contribution in [3.63, 3.8) is 0 Å². The van der Waals surface area contributed by atoms with E-state index in [1.165, 1.54) is 16.2 Å². The standard InChI is InChI=1S/C13H21NOS3/c1-9-8-12(11-5-7-16-13(11)17-9)14-6-4-10(2)18(3)15/h5,7,9-10,12,14H,4,6,8H2,1-3H3/t9-,10?,12?,18?/m0/s1. The maximum absolute atomic E-state index is 11.3. The summed E-state index contributed by atoms with van der Waals surface area (Å²) < 4.78 is 12.8.